The molecule has 1 saturated heterocycles. The highest BCUT2D eigenvalue weighted by atomic mass is 32.2. The van der Waals surface area contributed by atoms with Crippen LogP contribution in [0.4, 0.5) is 5.69 Å². The number of carbonyl (C=O) groups excluding carboxylic acids is 1. The van der Waals surface area contributed by atoms with Crippen molar-refractivity contribution in [3.8, 4) is 0 Å². The van der Waals surface area contributed by atoms with Gasteiger partial charge in [-0.3, -0.25) is 9.79 Å². The third-order valence-electron chi connectivity index (χ3n) is 5.13. The van der Waals surface area contributed by atoms with Crippen LogP contribution in [0.5, 0.6) is 0 Å². The van der Waals surface area contributed by atoms with E-state index in [0.717, 1.165) is 5.69 Å². The number of rotatable bonds is 5. The monoisotopic (exact) mass is 429 g/mol. The number of nitrogens with zero attached hydrogens (tertiary/aromatic N) is 1. The summed E-state index contributed by atoms with van der Waals surface area (Å²) >= 11 is 1.46. The fourth-order valence-corrected chi connectivity index (χ4v) is 7.20. The number of carbonyl (C=O) groups is 1. The minimum atomic E-state index is -2.96. The lowest BCUT2D eigenvalue weighted by Crippen LogP contribution is -2.27. The molecule has 4 rings (SSSR count). The molecular formula is C21H23N3O3S2. The second-order valence-corrected chi connectivity index (χ2v) is 10.8. The van der Waals surface area contributed by atoms with Crippen molar-refractivity contribution in [3.63, 3.8) is 0 Å². The van der Waals surface area contributed by atoms with Crippen LogP contribution < -0.4 is 10.6 Å². The first-order valence-electron chi connectivity index (χ1n) is 9.55. The van der Waals surface area contributed by atoms with Crippen molar-refractivity contribution in [2.24, 2.45) is 4.99 Å². The molecular weight excluding hydrogens is 406 g/mol. The van der Waals surface area contributed by atoms with Crippen molar-refractivity contribution in [3.05, 3.63) is 65.7 Å². The third kappa shape index (κ3) is 4.82. The van der Waals surface area contributed by atoms with Gasteiger partial charge in [0.1, 0.15) is 0 Å². The van der Waals surface area contributed by atoms with Gasteiger partial charge in [0.05, 0.1) is 17.5 Å². The van der Waals surface area contributed by atoms with Crippen molar-refractivity contribution in [1.82, 2.24) is 5.32 Å². The Morgan fingerprint density at radius 2 is 1.97 bits per heavy atom. The summed E-state index contributed by atoms with van der Waals surface area (Å²) in [6.45, 7) is 2.64. The van der Waals surface area contributed by atoms with Crippen LogP contribution in [0.25, 0.3) is 0 Å². The number of thioether (sulfide) groups is 1. The molecule has 0 spiro atoms. The molecule has 1 fully saturated rings. The van der Waals surface area contributed by atoms with E-state index >= 15 is 0 Å². The molecule has 2 aliphatic heterocycles. The van der Waals surface area contributed by atoms with E-state index in [4.69, 9.17) is 0 Å². The molecule has 2 aliphatic rings. The molecule has 3 atom stereocenters. The summed E-state index contributed by atoms with van der Waals surface area (Å²) in [6.07, 6.45) is 0. The number of amidine groups is 1. The second kappa shape index (κ2) is 8.20. The van der Waals surface area contributed by atoms with Gasteiger partial charge in [-0.1, -0.05) is 55.1 Å². The van der Waals surface area contributed by atoms with E-state index in [0.29, 0.717) is 17.3 Å². The normalized spacial score (nSPS) is 23.1. The van der Waals surface area contributed by atoms with E-state index in [2.05, 4.69) is 34.7 Å². The SMILES string of the molecule is CC(CNC(=O)c1cccc(NC2=NC3CS(=O)(=O)CC3S2)c1)c1ccccc1. The van der Waals surface area contributed by atoms with Gasteiger partial charge in [0.25, 0.3) is 5.91 Å². The zero-order valence-corrected chi connectivity index (χ0v) is 17.7. The molecule has 2 N–H and O–H groups in total. The van der Waals surface area contributed by atoms with E-state index in [-0.39, 0.29) is 34.6 Å². The van der Waals surface area contributed by atoms with Gasteiger partial charge in [-0.05, 0) is 29.7 Å². The van der Waals surface area contributed by atoms with Crippen LogP contribution >= 0.6 is 11.8 Å². The molecule has 0 aromatic heterocycles. The predicted molar refractivity (Wildman–Crippen MR) is 119 cm³/mol. The number of aliphatic imine (C=N–C) groups is 1. The zero-order valence-electron chi connectivity index (χ0n) is 16.0. The summed E-state index contributed by atoms with van der Waals surface area (Å²) in [7, 11) is -2.96. The Morgan fingerprint density at radius 3 is 2.72 bits per heavy atom. The minimum absolute atomic E-state index is 0.00606. The number of amides is 1. The first-order valence-corrected chi connectivity index (χ1v) is 12.2. The molecule has 8 heteroatoms. The first-order chi connectivity index (χ1) is 13.9. The van der Waals surface area contributed by atoms with Crippen molar-refractivity contribution in [2.75, 3.05) is 23.4 Å². The van der Waals surface area contributed by atoms with E-state index < -0.39 is 9.84 Å². The zero-order chi connectivity index (χ0) is 20.4. The van der Waals surface area contributed by atoms with Gasteiger partial charge in [-0.25, -0.2) is 8.42 Å². The fraction of sp³-hybridized carbons (Fsp3) is 0.333. The number of nitrogens with one attached hydrogen (secondary N) is 2. The largest absolute Gasteiger partial charge is 0.351 e. The predicted octanol–water partition coefficient (Wildman–Crippen LogP) is 2.90. The van der Waals surface area contributed by atoms with Crippen LogP contribution in [0.15, 0.2) is 59.6 Å². The highest BCUT2D eigenvalue weighted by molar-refractivity contribution is 8.15. The Hall–Kier alpha value is -2.32. The second-order valence-electron chi connectivity index (χ2n) is 7.46. The van der Waals surface area contributed by atoms with Crippen molar-refractivity contribution >= 4 is 38.4 Å². The Balaban J connectivity index is 1.36. The number of anilines is 1. The lowest BCUT2D eigenvalue weighted by atomic mass is 10.0. The van der Waals surface area contributed by atoms with Gasteiger partial charge >= 0.3 is 0 Å². The van der Waals surface area contributed by atoms with Crippen LogP contribution in [0, 0.1) is 0 Å². The van der Waals surface area contributed by atoms with E-state index in [9.17, 15) is 13.2 Å². The Labute approximate surface area is 175 Å². The van der Waals surface area contributed by atoms with E-state index in [1.54, 1.807) is 12.1 Å². The molecule has 1 amide bonds. The summed E-state index contributed by atoms with van der Waals surface area (Å²) < 4.78 is 23.4. The Kier molecular flexibility index (Phi) is 5.65. The molecule has 2 heterocycles. The summed E-state index contributed by atoms with van der Waals surface area (Å²) in [5.74, 6) is 0.401. The summed E-state index contributed by atoms with van der Waals surface area (Å²) in [6, 6.07) is 17.2. The van der Waals surface area contributed by atoms with Crippen molar-refractivity contribution < 1.29 is 13.2 Å². The van der Waals surface area contributed by atoms with Crippen LogP contribution in [-0.2, 0) is 9.84 Å². The molecule has 0 bridgehead atoms. The van der Waals surface area contributed by atoms with Crippen molar-refractivity contribution in [1.29, 1.82) is 0 Å². The molecule has 0 saturated carbocycles. The molecule has 3 unspecified atom stereocenters. The topological polar surface area (TPSA) is 87.6 Å². The van der Waals surface area contributed by atoms with Gasteiger partial charge in [0, 0.05) is 23.0 Å². The standard InChI is InChI=1S/C21H23N3O3S2/c1-14(15-6-3-2-4-7-15)11-22-20(25)16-8-5-9-17(10-16)23-21-24-18-12-29(26,27)13-19(18)28-21/h2-10,14,18-19H,11-13H2,1H3,(H,22,25)(H,23,24). The van der Waals surface area contributed by atoms with E-state index in [1.165, 1.54) is 17.3 Å². The van der Waals surface area contributed by atoms with Gasteiger partial charge in [0.15, 0.2) is 15.0 Å². The highest BCUT2D eigenvalue weighted by Gasteiger charge is 2.42. The maximum Gasteiger partial charge on any atom is 0.251 e. The van der Waals surface area contributed by atoms with Gasteiger partial charge in [-0.15, -0.1) is 0 Å². The van der Waals surface area contributed by atoms with Crippen molar-refractivity contribution in [2.45, 2.75) is 24.1 Å². The summed E-state index contributed by atoms with van der Waals surface area (Å²) in [5.41, 5.74) is 2.52. The average Bonchev–Trinajstić information content (AvgIpc) is 3.19. The number of hydrogen-bond acceptors (Lipinski definition) is 6. The first kappa shape index (κ1) is 20.0. The number of benzene rings is 2. The molecule has 2 aromatic rings. The van der Waals surface area contributed by atoms with Gasteiger partial charge in [-0.2, -0.15) is 0 Å². The number of fused-ring (bicyclic) bond motifs is 1. The maximum atomic E-state index is 12.6. The molecule has 0 radical (unpaired) electrons. The average molecular weight is 430 g/mol. The molecule has 2 aromatic carbocycles. The molecule has 6 nitrogen and oxygen atoms in total. The lowest BCUT2D eigenvalue weighted by molar-refractivity contribution is 0.0951. The smallest absolute Gasteiger partial charge is 0.251 e. The van der Waals surface area contributed by atoms with Crippen LogP contribution in [0.3, 0.4) is 0 Å². The number of hydrogen-bond donors (Lipinski definition) is 2. The Morgan fingerprint density at radius 1 is 1.17 bits per heavy atom. The fourth-order valence-electron chi connectivity index (χ4n) is 3.52. The number of sulfone groups is 1. The van der Waals surface area contributed by atoms with Gasteiger partial charge in [0.2, 0.25) is 0 Å². The van der Waals surface area contributed by atoms with Gasteiger partial charge < -0.3 is 10.6 Å². The summed E-state index contributed by atoms with van der Waals surface area (Å²) in [5, 5.41) is 6.92. The summed E-state index contributed by atoms with van der Waals surface area (Å²) in [4.78, 5) is 17.1. The maximum absolute atomic E-state index is 12.6. The molecule has 0 aliphatic carbocycles. The highest BCUT2D eigenvalue weighted by Crippen LogP contribution is 2.34. The van der Waals surface area contributed by atoms with Crippen LogP contribution in [0.1, 0.15) is 28.8 Å². The van der Waals surface area contributed by atoms with Crippen LogP contribution in [-0.4, -0.2) is 48.8 Å². The minimum Gasteiger partial charge on any atom is -0.351 e. The Bertz CT molecular complexity index is 1040. The van der Waals surface area contributed by atoms with Crippen LogP contribution in [0.2, 0.25) is 0 Å². The lowest BCUT2D eigenvalue weighted by Gasteiger charge is -2.13. The van der Waals surface area contributed by atoms with E-state index in [1.807, 2.05) is 30.3 Å². The quantitative estimate of drug-likeness (QED) is 0.763. The molecule has 152 valence electrons. The molecule has 29 heavy (non-hydrogen) atoms. The third-order valence-corrected chi connectivity index (χ3v) is 8.27.